The van der Waals surface area contributed by atoms with Gasteiger partial charge in [-0.3, -0.25) is 4.79 Å². The van der Waals surface area contributed by atoms with Crippen molar-refractivity contribution in [1.82, 2.24) is 0 Å². The van der Waals surface area contributed by atoms with E-state index in [9.17, 15) is 4.79 Å². The highest BCUT2D eigenvalue weighted by Gasteiger charge is 2.34. The summed E-state index contributed by atoms with van der Waals surface area (Å²) in [6.45, 7) is 1.80. The molecule has 5 nitrogen and oxygen atoms in total. The Labute approximate surface area is 145 Å². The van der Waals surface area contributed by atoms with E-state index >= 15 is 0 Å². The zero-order valence-corrected chi connectivity index (χ0v) is 13.7. The first kappa shape index (κ1) is 15.2. The van der Waals surface area contributed by atoms with Crippen LogP contribution in [-0.2, 0) is 4.79 Å². The third kappa shape index (κ3) is 2.92. The third-order valence-electron chi connectivity index (χ3n) is 4.12. The van der Waals surface area contributed by atoms with Crippen LogP contribution in [0.2, 0.25) is 0 Å². The van der Waals surface area contributed by atoms with Crippen molar-refractivity contribution in [2.45, 2.75) is 13.0 Å². The summed E-state index contributed by atoms with van der Waals surface area (Å²) in [7, 11) is 0. The second kappa shape index (κ2) is 6.28. The van der Waals surface area contributed by atoms with Gasteiger partial charge in [0.05, 0.1) is 17.1 Å². The molecule has 122 valence electrons. The monoisotopic (exact) mass is 328 g/mol. The van der Waals surface area contributed by atoms with Gasteiger partial charge in [0.1, 0.15) is 0 Å². The average molecular weight is 328 g/mol. The molecule has 0 fully saturated rings. The lowest BCUT2D eigenvalue weighted by Gasteiger charge is -2.11. The number of azo groups is 1. The number of carbonyl (C=O) groups excluding carboxylic acids is 1. The minimum absolute atomic E-state index is 0.187. The van der Waals surface area contributed by atoms with E-state index in [-0.39, 0.29) is 5.91 Å². The third-order valence-corrected chi connectivity index (χ3v) is 4.12. The molecule has 0 aromatic heterocycles. The molecule has 0 N–H and O–H groups in total. The molecule has 0 saturated carbocycles. The molecular formula is C20H16N4O. The number of anilines is 1. The van der Waals surface area contributed by atoms with Crippen molar-refractivity contribution >= 4 is 33.8 Å². The lowest BCUT2D eigenvalue weighted by molar-refractivity contribution is -0.117. The SMILES string of the molecule is CC1=NN(c2ccccc2)C(=O)[C@@H]1N=Nc1ccc2ccccc2c1. The van der Waals surface area contributed by atoms with Crippen LogP contribution in [0.4, 0.5) is 11.4 Å². The van der Waals surface area contributed by atoms with Crippen molar-refractivity contribution in [2.75, 3.05) is 5.01 Å². The minimum atomic E-state index is -0.674. The van der Waals surface area contributed by atoms with E-state index in [0.717, 1.165) is 22.1 Å². The Bertz CT molecular complexity index is 995. The van der Waals surface area contributed by atoms with Crippen molar-refractivity contribution in [1.29, 1.82) is 0 Å². The smallest absolute Gasteiger partial charge is 0.269 e. The van der Waals surface area contributed by atoms with Crippen LogP contribution in [0.3, 0.4) is 0 Å². The summed E-state index contributed by atoms with van der Waals surface area (Å²) >= 11 is 0. The summed E-state index contributed by atoms with van der Waals surface area (Å²) < 4.78 is 0. The lowest BCUT2D eigenvalue weighted by atomic mass is 10.1. The highest BCUT2D eigenvalue weighted by atomic mass is 16.2. The number of rotatable bonds is 3. The predicted molar refractivity (Wildman–Crippen MR) is 99.3 cm³/mol. The number of fused-ring (bicyclic) bond motifs is 1. The molecule has 0 bridgehead atoms. The number of carbonyl (C=O) groups is 1. The maximum absolute atomic E-state index is 12.6. The fourth-order valence-electron chi connectivity index (χ4n) is 2.81. The van der Waals surface area contributed by atoms with E-state index < -0.39 is 6.04 Å². The zero-order valence-electron chi connectivity index (χ0n) is 13.7. The molecule has 1 atom stereocenters. The molecule has 0 radical (unpaired) electrons. The normalized spacial score (nSPS) is 17.5. The Morgan fingerprint density at radius 1 is 0.920 bits per heavy atom. The van der Waals surface area contributed by atoms with E-state index in [4.69, 9.17) is 0 Å². The quantitative estimate of drug-likeness (QED) is 0.642. The van der Waals surface area contributed by atoms with Gasteiger partial charge in [0.2, 0.25) is 0 Å². The number of amides is 1. The number of hydrogen-bond donors (Lipinski definition) is 0. The number of nitrogens with zero attached hydrogens (tertiary/aromatic N) is 4. The first-order valence-electron chi connectivity index (χ1n) is 8.06. The van der Waals surface area contributed by atoms with Crippen LogP contribution in [0.25, 0.3) is 10.8 Å². The van der Waals surface area contributed by atoms with Crippen molar-refractivity contribution in [3.05, 3.63) is 72.8 Å². The summed E-state index contributed by atoms with van der Waals surface area (Å²) in [6.07, 6.45) is 0. The Balaban J connectivity index is 1.58. The van der Waals surface area contributed by atoms with Gasteiger partial charge in [-0.1, -0.05) is 48.5 Å². The molecular weight excluding hydrogens is 312 g/mol. The minimum Gasteiger partial charge on any atom is -0.269 e. The average Bonchev–Trinajstić information content (AvgIpc) is 2.94. The maximum Gasteiger partial charge on any atom is 0.280 e. The molecule has 0 spiro atoms. The first-order valence-corrected chi connectivity index (χ1v) is 8.06. The molecule has 25 heavy (non-hydrogen) atoms. The van der Waals surface area contributed by atoms with Crippen molar-refractivity contribution in [3.8, 4) is 0 Å². The van der Waals surface area contributed by atoms with Crippen LogP contribution < -0.4 is 5.01 Å². The zero-order chi connectivity index (χ0) is 17.2. The second-order valence-electron chi connectivity index (χ2n) is 5.88. The molecule has 0 saturated heterocycles. The van der Waals surface area contributed by atoms with E-state index in [2.05, 4.69) is 15.3 Å². The standard InChI is InChI=1S/C20H16N4O/c1-14-19(20(25)24(23-14)18-9-3-2-4-10-18)22-21-17-12-11-15-7-5-6-8-16(15)13-17/h2-13,19H,1H3/t19-/m1/s1. The van der Waals surface area contributed by atoms with Gasteiger partial charge in [-0.05, 0) is 42.0 Å². The summed E-state index contributed by atoms with van der Waals surface area (Å²) in [5.74, 6) is -0.187. The Hall–Kier alpha value is -3.34. The molecule has 1 heterocycles. The van der Waals surface area contributed by atoms with Crippen molar-refractivity contribution in [2.24, 2.45) is 15.3 Å². The van der Waals surface area contributed by atoms with Gasteiger partial charge in [-0.15, -0.1) is 0 Å². The number of hydrazone groups is 1. The van der Waals surface area contributed by atoms with E-state index in [0.29, 0.717) is 5.71 Å². The molecule has 5 heteroatoms. The lowest BCUT2D eigenvalue weighted by Crippen LogP contribution is -2.29. The Kier molecular flexibility index (Phi) is 3.82. The maximum atomic E-state index is 12.6. The number of benzene rings is 3. The van der Waals surface area contributed by atoms with E-state index in [1.807, 2.05) is 72.8 Å². The molecule has 1 aliphatic heterocycles. The highest BCUT2D eigenvalue weighted by molar-refractivity contribution is 6.18. The van der Waals surface area contributed by atoms with E-state index in [1.165, 1.54) is 5.01 Å². The summed E-state index contributed by atoms with van der Waals surface area (Å²) in [6, 6.07) is 22.6. The van der Waals surface area contributed by atoms with Crippen molar-refractivity contribution < 1.29 is 4.79 Å². The van der Waals surface area contributed by atoms with E-state index in [1.54, 1.807) is 6.92 Å². The van der Waals surface area contributed by atoms with Gasteiger partial charge >= 0.3 is 0 Å². The second-order valence-corrected chi connectivity index (χ2v) is 5.88. The summed E-state index contributed by atoms with van der Waals surface area (Å²) in [5.41, 5.74) is 2.09. The number of hydrogen-bond acceptors (Lipinski definition) is 4. The molecule has 1 amide bonds. The van der Waals surface area contributed by atoms with Gasteiger partial charge in [0, 0.05) is 0 Å². The molecule has 0 aliphatic carbocycles. The number of para-hydroxylation sites is 1. The molecule has 3 aromatic rings. The van der Waals surface area contributed by atoms with Crippen LogP contribution in [0.1, 0.15) is 6.92 Å². The molecule has 0 unspecified atom stereocenters. The molecule has 4 rings (SSSR count). The van der Waals surface area contributed by atoms with Gasteiger partial charge < -0.3 is 0 Å². The van der Waals surface area contributed by atoms with Crippen LogP contribution >= 0.6 is 0 Å². The Morgan fingerprint density at radius 2 is 1.64 bits per heavy atom. The predicted octanol–water partition coefficient (Wildman–Crippen LogP) is 4.71. The first-order chi connectivity index (χ1) is 12.2. The fraction of sp³-hybridized carbons (Fsp3) is 0.100. The van der Waals surface area contributed by atoms with Crippen LogP contribution in [0, 0.1) is 0 Å². The molecule has 1 aliphatic rings. The topological polar surface area (TPSA) is 57.4 Å². The Morgan fingerprint density at radius 3 is 2.44 bits per heavy atom. The van der Waals surface area contributed by atoms with Gasteiger partial charge in [-0.2, -0.15) is 20.3 Å². The summed E-state index contributed by atoms with van der Waals surface area (Å²) in [5, 5.41) is 16.5. The van der Waals surface area contributed by atoms with Crippen LogP contribution in [0.15, 0.2) is 88.1 Å². The van der Waals surface area contributed by atoms with Gasteiger partial charge in [0.25, 0.3) is 5.91 Å². The van der Waals surface area contributed by atoms with Gasteiger partial charge in [0.15, 0.2) is 6.04 Å². The molecule has 3 aromatic carbocycles. The summed E-state index contributed by atoms with van der Waals surface area (Å²) in [4.78, 5) is 12.6. The van der Waals surface area contributed by atoms with Crippen LogP contribution in [-0.4, -0.2) is 17.7 Å². The van der Waals surface area contributed by atoms with Crippen LogP contribution in [0.5, 0.6) is 0 Å². The highest BCUT2D eigenvalue weighted by Crippen LogP contribution is 2.25. The van der Waals surface area contributed by atoms with Crippen molar-refractivity contribution in [3.63, 3.8) is 0 Å². The van der Waals surface area contributed by atoms with Gasteiger partial charge in [-0.25, -0.2) is 0 Å². The fourth-order valence-corrected chi connectivity index (χ4v) is 2.81. The largest absolute Gasteiger partial charge is 0.280 e.